The van der Waals surface area contributed by atoms with Gasteiger partial charge in [-0.15, -0.1) is 0 Å². The molecule has 0 aromatic carbocycles. The van der Waals surface area contributed by atoms with Gasteiger partial charge in [-0.1, -0.05) is 0 Å². The van der Waals surface area contributed by atoms with E-state index in [9.17, 15) is 14.4 Å². The van der Waals surface area contributed by atoms with Crippen molar-refractivity contribution in [1.82, 2.24) is 0 Å². The van der Waals surface area contributed by atoms with Gasteiger partial charge < -0.3 is 14.2 Å². The lowest BCUT2D eigenvalue weighted by molar-refractivity contribution is -0.149. The summed E-state index contributed by atoms with van der Waals surface area (Å²) >= 11 is 0. The van der Waals surface area contributed by atoms with Crippen molar-refractivity contribution >= 4 is 17.9 Å². The molecular formula is C10H12O6. The van der Waals surface area contributed by atoms with Crippen LogP contribution >= 0.6 is 0 Å². The molecule has 1 rings (SSSR count). The molecule has 1 aliphatic heterocycles. The molecule has 0 aliphatic carbocycles. The van der Waals surface area contributed by atoms with E-state index < -0.39 is 11.9 Å². The van der Waals surface area contributed by atoms with Crippen molar-refractivity contribution in [3.8, 4) is 0 Å². The average Bonchev–Trinajstić information content (AvgIpc) is 2.69. The molecule has 0 aromatic rings. The Labute approximate surface area is 92.2 Å². The van der Waals surface area contributed by atoms with Crippen LogP contribution in [0.5, 0.6) is 0 Å². The minimum atomic E-state index is -0.673. The molecule has 0 radical (unpaired) electrons. The van der Waals surface area contributed by atoms with Gasteiger partial charge in [-0.25, -0.2) is 9.59 Å². The van der Waals surface area contributed by atoms with Crippen LogP contribution in [0, 0.1) is 0 Å². The zero-order valence-electron chi connectivity index (χ0n) is 8.80. The van der Waals surface area contributed by atoms with Gasteiger partial charge in [0.15, 0.2) is 0 Å². The zero-order valence-corrected chi connectivity index (χ0v) is 8.80. The fourth-order valence-electron chi connectivity index (χ4n) is 1.13. The molecule has 6 nitrogen and oxygen atoms in total. The third-order valence-electron chi connectivity index (χ3n) is 1.94. The molecule has 0 N–H and O–H groups in total. The lowest BCUT2D eigenvalue weighted by Crippen LogP contribution is -2.17. The molecule has 1 unspecified atom stereocenters. The Morgan fingerprint density at radius 3 is 2.69 bits per heavy atom. The molecule has 0 bridgehead atoms. The third-order valence-corrected chi connectivity index (χ3v) is 1.94. The molecule has 1 atom stereocenters. The topological polar surface area (TPSA) is 78.9 Å². The fourth-order valence-corrected chi connectivity index (χ4v) is 1.13. The first-order valence-electron chi connectivity index (χ1n) is 4.74. The predicted octanol–water partition coefficient (Wildman–Crippen LogP) is -0.0356. The highest BCUT2D eigenvalue weighted by atomic mass is 16.6. The summed E-state index contributed by atoms with van der Waals surface area (Å²) in [6.45, 7) is 0.0100. The Hall–Kier alpha value is -1.85. The van der Waals surface area contributed by atoms with E-state index in [0.717, 1.165) is 12.2 Å². The van der Waals surface area contributed by atoms with Gasteiger partial charge in [0.05, 0.1) is 7.11 Å². The number of esters is 3. The first kappa shape index (κ1) is 12.2. The van der Waals surface area contributed by atoms with E-state index >= 15 is 0 Å². The number of rotatable bonds is 4. The zero-order chi connectivity index (χ0) is 12.0. The molecular weight excluding hydrogens is 216 g/mol. The summed E-state index contributed by atoms with van der Waals surface area (Å²) in [4.78, 5) is 32.4. The lowest BCUT2D eigenvalue weighted by Gasteiger charge is -2.07. The Kier molecular flexibility index (Phi) is 4.50. The standard InChI is InChI=1S/C10H12O6/c1-14-8(11)4-5-9(12)15-6-7-2-3-10(13)16-7/h4-5,7H,2-3,6H2,1H3/b5-4+. The van der Waals surface area contributed by atoms with Gasteiger partial charge in [0.2, 0.25) is 0 Å². The SMILES string of the molecule is COC(=O)/C=C/C(=O)OCC1CCC(=O)O1. The molecule has 0 spiro atoms. The van der Waals surface area contributed by atoms with Crippen molar-refractivity contribution in [1.29, 1.82) is 0 Å². The normalized spacial score (nSPS) is 19.6. The molecule has 0 aromatic heterocycles. The van der Waals surface area contributed by atoms with Crippen LogP contribution < -0.4 is 0 Å². The molecule has 88 valence electrons. The van der Waals surface area contributed by atoms with E-state index in [4.69, 9.17) is 9.47 Å². The Balaban J connectivity index is 2.22. The summed E-state index contributed by atoms with van der Waals surface area (Å²) in [7, 11) is 1.20. The summed E-state index contributed by atoms with van der Waals surface area (Å²) in [6.07, 6.45) is 2.45. The maximum Gasteiger partial charge on any atom is 0.331 e. The molecule has 1 heterocycles. The predicted molar refractivity (Wildman–Crippen MR) is 51.2 cm³/mol. The monoisotopic (exact) mass is 228 g/mol. The van der Waals surface area contributed by atoms with E-state index in [1.807, 2.05) is 0 Å². The second kappa shape index (κ2) is 5.89. The highest BCUT2D eigenvalue weighted by Gasteiger charge is 2.24. The van der Waals surface area contributed by atoms with E-state index in [1.54, 1.807) is 0 Å². The second-order valence-corrected chi connectivity index (χ2v) is 3.14. The summed E-state index contributed by atoms with van der Waals surface area (Å²) < 4.78 is 13.9. The first-order valence-corrected chi connectivity index (χ1v) is 4.74. The number of carbonyl (C=O) groups is 3. The van der Waals surface area contributed by atoms with E-state index in [1.165, 1.54) is 7.11 Å². The van der Waals surface area contributed by atoms with Crippen LogP contribution in [0.25, 0.3) is 0 Å². The molecule has 1 saturated heterocycles. The smallest absolute Gasteiger partial charge is 0.331 e. The fraction of sp³-hybridized carbons (Fsp3) is 0.500. The van der Waals surface area contributed by atoms with Gasteiger partial charge in [0, 0.05) is 18.6 Å². The third kappa shape index (κ3) is 4.12. The maximum absolute atomic E-state index is 11.0. The van der Waals surface area contributed by atoms with Gasteiger partial charge in [0.25, 0.3) is 0 Å². The van der Waals surface area contributed by atoms with Crippen LogP contribution in [0.2, 0.25) is 0 Å². The van der Waals surface area contributed by atoms with Crippen molar-refractivity contribution < 1.29 is 28.6 Å². The second-order valence-electron chi connectivity index (χ2n) is 3.14. The van der Waals surface area contributed by atoms with E-state index in [-0.39, 0.29) is 18.7 Å². The van der Waals surface area contributed by atoms with Gasteiger partial charge in [0.1, 0.15) is 12.7 Å². The first-order chi connectivity index (χ1) is 7.61. The largest absolute Gasteiger partial charge is 0.466 e. The van der Waals surface area contributed by atoms with Gasteiger partial charge >= 0.3 is 17.9 Å². The molecule has 16 heavy (non-hydrogen) atoms. The van der Waals surface area contributed by atoms with Crippen molar-refractivity contribution in [2.24, 2.45) is 0 Å². The number of methoxy groups -OCH3 is 1. The average molecular weight is 228 g/mol. The highest BCUT2D eigenvalue weighted by Crippen LogP contribution is 2.13. The van der Waals surface area contributed by atoms with Gasteiger partial charge in [-0.2, -0.15) is 0 Å². The maximum atomic E-state index is 11.0. The Bertz CT molecular complexity index is 319. The lowest BCUT2D eigenvalue weighted by atomic mass is 10.2. The van der Waals surface area contributed by atoms with Crippen molar-refractivity contribution in [2.45, 2.75) is 18.9 Å². The summed E-state index contributed by atoms with van der Waals surface area (Å²) in [5.74, 6) is -1.59. The van der Waals surface area contributed by atoms with E-state index in [0.29, 0.717) is 12.8 Å². The Morgan fingerprint density at radius 1 is 1.44 bits per heavy atom. The van der Waals surface area contributed by atoms with Crippen LogP contribution in [0.15, 0.2) is 12.2 Å². The van der Waals surface area contributed by atoms with Gasteiger partial charge in [-0.05, 0) is 6.42 Å². The molecule has 0 saturated carbocycles. The number of cyclic esters (lactones) is 1. The molecule has 1 fully saturated rings. The van der Waals surface area contributed by atoms with Crippen molar-refractivity contribution in [3.63, 3.8) is 0 Å². The van der Waals surface area contributed by atoms with Crippen LogP contribution in [0.3, 0.4) is 0 Å². The van der Waals surface area contributed by atoms with E-state index in [2.05, 4.69) is 4.74 Å². The van der Waals surface area contributed by atoms with Crippen LogP contribution in [0.4, 0.5) is 0 Å². The summed E-state index contributed by atoms with van der Waals surface area (Å²) in [5.41, 5.74) is 0. The molecule has 6 heteroatoms. The van der Waals surface area contributed by atoms with Gasteiger partial charge in [-0.3, -0.25) is 4.79 Å². The minimum absolute atomic E-state index is 0.0100. The number of hydrogen-bond acceptors (Lipinski definition) is 6. The molecule has 0 amide bonds. The van der Waals surface area contributed by atoms with Crippen LogP contribution in [-0.4, -0.2) is 37.7 Å². The van der Waals surface area contributed by atoms with Crippen LogP contribution in [0.1, 0.15) is 12.8 Å². The quantitative estimate of drug-likeness (QED) is 0.382. The summed E-state index contributed by atoms with van der Waals surface area (Å²) in [6, 6.07) is 0. The highest BCUT2D eigenvalue weighted by molar-refractivity contribution is 5.91. The number of hydrogen-bond donors (Lipinski definition) is 0. The number of ether oxygens (including phenoxy) is 3. The number of carbonyl (C=O) groups excluding carboxylic acids is 3. The van der Waals surface area contributed by atoms with Crippen LogP contribution in [-0.2, 0) is 28.6 Å². The minimum Gasteiger partial charge on any atom is -0.466 e. The summed E-state index contributed by atoms with van der Waals surface area (Å²) in [5, 5.41) is 0. The Morgan fingerprint density at radius 2 is 2.12 bits per heavy atom. The van der Waals surface area contributed by atoms with Crippen molar-refractivity contribution in [2.75, 3.05) is 13.7 Å². The van der Waals surface area contributed by atoms with Crippen molar-refractivity contribution in [3.05, 3.63) is 12.2 Å². The molecule has 1 aliphatic rings.